The Morgan fingerprint density at radius 3 is 2.13 bits per heavy atom. The largest absolute Gasteiger partial charge is 0.465 e. The second-order valence-corrected chi connectivity index (χ2v) is 14.3. The number of carbonyl (C=O) groups excluding carboxylic acids is 2. The van der Waals surface area contributed by atoms with E-state index in [2.05, 4.69) is 10.0 Å². The number of ether oxygens (including phenoxy) is 2. The van der Waals surface area contributed by atoms with E-state index in [9.17, 15) is 36.7 Å². The minimum Gasteiger partial charge on any atom is -0.465 e. The summed E-state index contributed by atoms with van der Waals surface area (Å²) in [6, 6.07) is 10.8. The molecule has 0 fully saturated rings. The monoisotopic (exact) mass is 786 g/mol. The van der Waals surface area contributed by atoms with E-state index < -0.39 is 76.9 Å². The number of hydrogen-bond acceptors (Lipinski definition) is 7. The van der Waals surface area contributed by atoms with E-state index in [1.54, 1.807) is 58.0 Å². The lowest BCUT2D eigenvalue weighted by atomic mass is 10.0. The molecule has 0 aliphatic heterocycles. The van der Waals surface area contributed by atoms with E-state index in [1.165, 1.54) is 17.0 Å². The molecule has 0 radical (unpaired) electrons. The Bertz CT molecular complexity index is 1780. The average Bonchev–Trinajstić information content (AvgIpc) is 3.07. The van der Waals surface area contributed by atoms with Gasteiger partial charge in [0.1, 0.15) is 28.6 Å². The Hall–Kier alpha value is -3.86. The van der Waals surface area contributed by atoms with Gasteiger partial charge >= 0.3 is 6.09 Å². The summed E-state index contributed by atoms with van der Waals surface area (Å²) in [6.45, 7) is 6.17. The molecule has 2 unspecified atom stereocenters. The number of sulfonamides is 1. The fourth-order valence-electron chi connectivity index (χ4n) is 5.21. The highest BCUT2D eigenvalue weighted by molar-refractivity contribution is 7.89. The SMILES string of the molecule is CCOC(CN(C(=O)C(Cc1ccc(F)cc1F)NC(=O)C(CNS(=O)(=O)c1ccc(Cl)cc1Cl)N(Cc1ccccc1)C(=O)O)C(C)C)OCC. The van der Waals surface area contributed by atoms with E-state index in [0.29, 0.717) is 16.5 Å². The van der Waals surface area contributed by atoms with Gasteiger partial charge in [-0.2, -0.15) is 0 Å². The molecule has 284 valence electrons. The Labute approximate surface area is 312 Å². The van der Waals surface area contributed by atoms with E-state index in [0.717, 1.165) is 18.2 Å². The second kappa shape index (κ2) is 19.8. The van der Waals surface area contributed by atoms with Crippen LogP contribution in [-0.2, 0) is 42.1 Å². The Kier molecular flexibility index (Phi) is 16.2. The molecular formula is C35H42Cl2F2N4O8S. The van der Waals surface area contributed by atoms with Gasteiger partial charge in [0.15, 0.2) is 6.29 Å². The molecular weight excluding hydrogens is 745 g/mol. The predicted octanol–water partition coefficient (Wildman–Crippen LogP) is 5.46. The molecule has 2 atom stereocenters. The van der Waals surface area contributed by atoms with Crippen molar-refractivity contribution >= 4 is 51.1 Å². The van der Waals surface area contributed by atoms with Crippen molar-refractivity contribution in [2.45, 2.75) is 70.0 Å². The lowest BCUT2D eigenvalue weighted by Gasteiger charge is -2.35. The number of carboxylic acid groups (broad SMARTS) is 1. The smallest absolute Gasteiger partial charge is 0.408 e. The topological polar surface area (TPSA) is 155 Å². The third-order valence-corrected chi connectivity index (χ3v) is 9.92. The first-order chi connectivity index (χ1) is 24.6. The number of carbonyl (C=O) groups is 3. The third-order valence-electron chi connectivity index (χ3n) is 7.78. The summed E-state index contributed by atoms with van der Waals surface area (Å²) in [5, 5.41) is 12.8. The maximum atomic E-state index is 15.0. The van der Waals surface area contributed by atoms with Crippen LogP contribution in [0.1, 0.15) is 38.8 Å². The Morgan fingerprint density at radius 2 is 1.58 bits per heavy atom. The standard InChI is InChI=1S/C35H42Cl2F2N4O8S/c1-5-50-32(51-6-2)21-42(22(3)4)34(45)29(16-24-12-14-26(38)18-28(24)39)41-33(44)30(43(35(46)47)20-23-10-8-7-9-11-23)19-40-52(48,49)31-15-13-25(36)17-27(31)37/h7-15,17-18,22,29-30,32,40H,5-6,16,19-21H2,1-4H3,(H,41,44)(H,46,47). The Morgan fingerprint density at radius 1 is 0.923 bits per heavy atom. The fraction of sp³-hybridized carbons (Fsp3) is 0.400. The average molecular weight is 788 g/mol. The maximum Gasteiger partial charge on any atom is 0.408 e. The van der Waals surface area contributed by atoms with Crippen molar-refractivity contribution in [3.05, 3.63) is 99.5 Å². The Balaban J connectivity index is 2.07. The van der Waals surface area contributed by atoms with Crippen LogP contribution in [-0.4, -0.2) is 92.0 Å². The normalized spacial score (nSPS) is 12.8. The van der Waals surface area contributed by atoms with Crippen LogP contribution in [0.25, 0.3) is 0 Å². The number of hydrogen-bond donors (Lipinski definition) is 3. The first kappa shape index (κ1) is 42.6. The highest BCUT2D eigenvalue weighted by atomic mass is 35.5. The van der Waals surface area contributed by atoms with Gasteiger partial charge in [0, 0.05) is 49.9 Å². The van der Waals surface area contributed by atoms with E-state index >= 15 is 0 Å². The molecule has 0 heterocycles. The number of amides is 3. The molecule has 0 saturated carbocycles. The molecule has 12 nitrogen and oxygen atoms in total. The van der Waals surface area contributed by atoms with Crippen molar-refractivity contribution in [2.75, 3.05) is 26.3 Å². The zero-order valence-corrected chi connectivity index (χ0v) is 31.4. The molecule has 3 N–H and O–H groups in total. The maximum absolute atomic E-state index is 15.0. The van der Waals surface area contributed by atoms with Gasteiger partial charge in [-0.15, -0.1) is 0 Å². The van der Waals surface area contributed by atoms with Gasteiger partial charge in [0.05, 0.1) is 11.6 Å². The highest BCUT2D eigenvalue weighted by Gasteiger charge is 2.37. The van der Waals surface area contributed by atoms with Gasteiger partial charge in [-0.3, -0.25) is 14.5 Å². The summed E-state index contributed by atoms with van der Waals surface area (Å²) in [5.74, 6) is -3.64. The number of rotatable bonds is 19. The van der Waals surface area contributed by atoms with E-state index in [4.69, 9.17) is 32.7 Å². The van der Waals surface area contributed by atoms with Crippen LogP contribution >= 0.6 is 23.2 Å². The first-order valence-corrected chi connectivity index (χ1v) is 18.6. The van der Waals surface area contributed by atoms with Crippen LogP contribution < -0.4 is 10.0 Å². The summed E-state index contributed by atoms with van der Waals surface area (Å²) in [4.78, 5) is 42.9. The number of halogens is 4. The van der Waals surface area contributed by atoms with Gasteiger partial charge in [0.25, 0.3) is 0 Å². The predicted molar refractivity (Wildman–Crippen MR) is 191 cm³/mol. The molecule has 0 spiro atoms. The van der Waals surface area contributed by atoms with Crippen molar-refractivity contribution in [2.24, 2.45) is 0 Å². The molecule has 3 amide bonds. The molecule has 17 heteroatoms. The van der Waals surface area contributed by atoms with E-state index in [-0.39, 0.29) is 46.8 Å². The zero-order valence-electron chi connectivity index (χ0n) is 29.0. The molecule has 52 heavy (non-hydrogen) atoms. The minimum absolute atomic E-state index is 0.0865. The van der Waals surface area contributed by atoms with Crippen LogP contribution in [0.15, 0.2) is 71.6 Å². The summed E-state index contributed by atoms with van der Waals surface area (Å²) >= 11 is 12.1. The molecule has 0 aliphatic carbocycles. The number of benzene rings is 3. The molecule has 3 aromatic rings. The number of nitrogens with zero attached hydrogens (tertiary/aromatic N) is 2. The van der Waals surface area contributed by atoms with Crippen molar-refractivity contribution in [1.29, 1.82) is 0 Å². The molecule has 0 aliphatic rings. The van der Waals surface area contributed by atoms with Gasteiger partial charge < -0.3 is 24.8 Å². The van der Waals surface area contributed by atoms with Crippen LogP contribution in [0.5, 0.6) is 0 Å². The summed E-state index contributed by atoms with van der Waals surface area (Å²) < 4.78 is 69.1. The molecule has 0 aromatic heterocycles. The summed E-state index contributed by atoms with van der Waals surface area (Å²) in [6.07, 6.45) is -2.91. The van der Waals surface area contributed by atoms with Crippen LogP contribution in [0.2, 0.25) is 10.0 Å². The van der Waals surface area contributed by atoms with Crippen LogP contribution in [0, 0.1) is 11.6 Å². The lowest BCUT2D eigenvalue weighted by Crippen LogP contribution is -2.59. The second-order valence-electron chi connectivity index (χ2n) is 11.8. The summed E-state index contributed by atoms with van der Waals surface area (Å²) in [7, 11) is -4.45. The van der Waals surface area contributed by atoms with Gasteiger partial charge in [-0.25, -0.2) is 26.7 Å². The molecule has 3 aromatic carbocycles. The molecule has 0 saturated heterocycles. The van der Waals surface area contributed by atoms with Gasteiger partial charge in [-0.1, -0.05) is 59.6 Å². The van der Waals surface area contributed by atoms with Gasteiger partial charge in [0.2, 0.25) is 21.8 Å². The van der Waals surface area contributed by atoms with Crippen molar-refractivity contribution in [3.8, 4) is 0 Å². The van der Waals surface area contributed by atoms with Crippen LogP contribution in [0.3, 0.4) is 0 Å². The number of nitrogens with one attached hydrogen (secondary N) is 2. The van der Waals surface area contributed by atoms with Crippen molar-refractivity contribution in [3.63, 3.8) is 0 Å². The van der Waals surface area contributed by atoms with Crippen LogP contribution in [0.4, 0.5) is 13.6 Å². The van der Waals surface area contributed by atoms with Crippen molar-refractivity contribution in [1.82, 2.24) is 19.8 Å². The van der Waals surface area contributed by atoms with Gasteiger partial charge in [-0.05, 0) is 63.1 Å². The lowest BCUT2D eigenvalue weighted by molar-refractivity contribution is -0.163. The van der Waals surface area contributed by atoms with E-state index in [1.807, 2.05) is 0 Å². The highest BCUT2D eigenvalue weighted by Crippen LogP contribution is 2.25. The first-order valence-electron chi connectivity index (χ1n) is 16.3. The van der Waals surface area contributed by atoms with Crippen molar-refractivity contribution < 1.29 is 46.2 Å². The fourth-order valence-corrected chi connectivity index (χ4v) is 7.02. The summed E-state index contributed by atoms with van der Waals surface area (Å²) in [5.41, 5.74) is 0.347. The molecule has 0 bridgehead atoms. The minimum atomic E-state index is -4.45. The third kappa shape index (κ3) is 12.1. The zero-order chi connectivity index (χ0) is 38.6. The molecule has 3 rings (SSSR count). The quantitative estimate of drug-likeness (QED) is 0.135.